The second-order valence-electron chi connectivity index (χ2n) is 6.27. The van der Waals surface area contributed by atoms with Crippen LogP contribution in [0, 0.1) is 13.8 Å². The lowest BCUT2D eigenvalue weighted by molar-refractivity contribution is -0.152. The number of methoxy groups -OCH3 is 1. The van der Waals surface area contributed by atoms with E-state index >= 15 is 0 Å². The van der Waals surface area contributed by atoms with E-state index in [2.05, 4.69) is 10.6 Å². The molecule has 2 N–H and O–H groups in total. The molecule has 0 saturated heterocycles. The van der Waals surface area contributed by atoms with Gasteiger partial charge in [-0.1, -0.05) is 30.3 Å². The third-order valence-electron chi connectivity index (χ3n) is 4.15. The minimum atomic E-state index is -1.00. The van der Waals surface area contributed by atoms with Crippen LogP contribution in [0.2, 0.25) is 0 Å². The number of rotatable bonds is 7. The molecule has 28 heavy (non-hydrogen) atoms. The summed E-state index contributed by atoms with van der Waals surface area (Å²) in [5, 5.41) is 5.23. The summed E-state index contributed by atoms with van der Waals surface area (Å²) in [5.41, 5.74) is 2.82. The number of nitrogens with one attached hydrogen (secondary N) is 2. The monoisotopic (exact) mass is 384 g/mol. The SMILES string of the molecule is COc1ccccc1C(=O)NCC(=O)O[C@@H](C)C(=O)Nc1c(C)cccc1C. The number of hydrogen-bond acceptors (Lipinski definition) is 5. The molecule has 148 valence electrons. The number of ether oxygens (including phenoxy) is 2. The Kier molecular flexibility index (Phi) is 7.14. The molecule has 2 rings (SSSR count). The van der Waals surface area contributed by atoms with Crippen molar-refractivity contribution in [3.63, 3.8) is 0 Å². The molecule has 0 radical (unpaired) electrons. The Morgan fingerprint density at radius 2 is 1.64 bits per heavy atom. The van der Waals surface area contributed by atoms with Gasteiger partial charge in [-0.25, -0.2) is 0 Å². The number of anilines is 1. The van der Waals surface area contributed by atoms with E-state index in [4.69, 9.17) is 9.47 Å². The molecule has 2 aromatic carbocycles. The molecule has 2 aromatic rings. The molecule has 0 unspecified atom stereocenters. The summed E-state index contributed by atoms with van der Waals surface area (Å²) in [6.07, 6.45) is -1.00. The van der Waals surface area contributed by atoms with Gasteiger partial charge in [-0.3, -0.25) is 14.4 Å². The number of amides is 2. The Hall–Kier alpha value is -3.35. The van der Waals surface area contributed by atoms with E-state index < -0.39 is 23.9 Å². The summed E-state index contributed by atoms with van der Waals surface area (Å²) in [4.78, 5) is 36.5. The van der Waals surface area contributed by atoms with Crippen LogP contribution >= 0.6 is 0 Å². The molecule has 1 atom stereocenters. The van der Waals surface area contributed by atoms with Crippen molar-refractivity contribution in [3.05, 3.63) is 59.2 Å². The van der Waals surface area contributed by atoms with E-state index in [1.165, 1.54) is 14.0 Å². The number of carbonyl (C=O) groups is 3. The molecule has 0 saturated carbocycles. The highest BCUT2D eigenvalue weighted by Crippen LogP contribution is 2.20. The lowest BCUT2D eigenvalue weighted by Crippen LogP contribution is -2.36. The molecule has 7 heteroatoms. The maximum Gasteiger partial charge on any atom is 0.326 e. The molecular weight excluding hydrogens is 360 g/mol. The topological polar surface area (TPSA) is 93.7 Å². The van der Waals surface area contributed by atoms with Gasteiger partial charge in [0.1, 0.15) is 12.3 Å². The van der Waals surface area contributed by atoms with Gasteiger partial charge in [0.15, 0.2) is 6.10 Å². The molecule has 0 aliphatic carbocycles. The Morgan fingerprint density at radius 1 is 1.00 bits per heavy atom. The number of hydrogen-bond donors (Lipinski definition) is 2. The zero-order valence-corrected chi connectivity index (χ0v) is 16.4. The van der Waals surface area contributed by atoms with Gasteiger partial charge in [0.25, 0.3) is 11.8 Å². The van der Waals surface area contributed by atoms with E-state index in [-0.39, 0.29) is 6.54 Å². The largest absolute Gasteiger partial charge is 0.496 e. The molecule has 0 aliphatic heterocycles. The van der Waals surface area contributed by atoms with Crippen LogP contribution in [-0.2, 0) is 14.3 Å². The number of para-hydroxylation sites is 2. The predicted molar refractivity (Wildman–Crippen MR) is 105 cm³/mol. The van der Waals surface area contributed by atoms with Crippen molar-refractivity contribution in [2.24, 2.45) is 0 Å². The van der Waals surface area contributed by atoms with Crippen LogP contribution in [-0.4, -0.2) is 37.5 Å². The maximum atomic E-state index is 12.3. The third kappa shape index (κ3) is 5.33. The number of benzene rings is 2. The summed E-state index contributed by atoms with van der Waals surface area (Å²) in [7, 11) is 1.46. The van der Waals surface area contributed by atoms with Gasteiger partial charge < -0.3 is 20.1 Å². The summed E-state index contributed by atoms with van der Waals surface area (Å²) < 4.78 is 10.2. The Morgan fingerprint density at radius 3 is 2.29 bits per heavy atom. The van der Waals surface area contributed by atoms with Gasteiger partial charge in [0.2, 0.25) is 0 Å². The lowest BCUT2D eigenvalue weighted by Gasteiger charge is -2.16. The highest BCUT2D eigenvalue weighted by atomic mass is 16.5. The molecule has 2 amide bonds. The van der Waals surface area contributed by atoms with E-state index in [1.807, 2.05) is 32.0 Å². The van der Waals surface area contributed by atoms with Crippen molar-refractivity contribution in [1.29, 1.82) is 0 Å². The fraction of sp³-hybridized carbons (Fsp3) is 0.286. The van der Waals surface area contributed by atoms with E-state index in [1.54, 1.807) is 24.3 Å². The number of esters is 1. The third-order valence-corrected chi connectivity index (χ3v) is 4.15. The van der Waals surface area contributed by atoms with Crippen LogP contribution < -0.4 is 15.4 Å². The highest BCUT2D eigenvalue weighted by molar-refractivity contribution is 5.99. The first-order valence-electron chi connectivity index (χ1n) is 8.81. The first kappa shape index (κ1) is 21.0. The molecule has 0 heterocycles. The predicted octanol–water partition coefficient (Wildman–Crippen LogP) is 2.61. The fourth-order valence-electron chi connectivity index (χ4n) is 2.61. The number of aryl methyl sites for hydroxylation is 2. The van der Waals surface area contributed by atoms with Crippen LogP contribution in [0.25, 0.3) is 0 Å². The van der Waals surface area contributed by atoms with Crippen molar-refractivity contribution >= 4 is 23.5 Å². The van der Waals surface area contributed by atoms with Crippen LogP contribution in [0.3, 0.4) is 0 Å². The summed E-state index contributed by atoms with van der Waals surface area (Å²) in [6, 6.07) is 12.3. The maximum absolute atomic E-state index is 12.3. The Bertz CT molecular complexity index is 859. The standard InChI is InChI=1S/C21H24N2O5/c1-13-8-7-9-14(2)19(13)23-20(25)15(3)28-18(24)12-22-21(26)16-10-5-6-11-17(16)27-4/h5-11,15H,12H2,1-4H3,(H,22,26)(H,23,25)/t15-/m0/s1. The Labute approximate surface area is 164 Å². The molecule has 0 aliphatic rings. The van der Waals surface area contributed by atoms with Gasteiger partial charge in [-0.15, -0.1) is 0 Å². The molecule has 0 bridgehead atoms. The second-order valence-corrected chi connectivity index (χ2v) is 6.27. The highest BCUT2D eigenvalue weighted by Gasteiger charge is 2.20. The first-order chi connectivity index (χ1) is 13.3. The Balaban J connectivity index is 1.88. The van der Waals surface area contributed by atoms with Crippen molar-refractivity contribution in [2.45, 2.75) is 26.9 Å². The quantitative estimate of drug-likeness (QED) is 0.716. The van der Waals surface area contributed by atoms with Crippen LogP contribution in [0.15, 0.2) is 42.5 Å². The van der Waals surface area contributed by atoms with Gasteiger partial charge in [0.05, 0.1) is 12.7 Å². The first-order valence-corrected chi connectivity index (χ1v) is 8.81. The van der Waals surface area contributed by atoms with Crippen molar-refractivity contribution in [3.8, 4) is 5.75 Å². The smallest absolute Gasteiger partial charge is 0.326 e. The van der Waals surface area contributed by atoms with Crippen molar-refractivity contribution in [2.75, 3.05) is 19.0 Å². The van der Waals surface area contributed by atoms with Crippen molar-refractivity contribution in [1.82, 2.24) is 5.32 Å². The number of carbonyl (C=O) groups excluding carboxylic acids is 3. The van der Waals surface area contributed by atoms with Crippen LogP contribution in [0.5, 0.6) is 5.75 Å². The summed E-state index contributed by atoms with van der Waals surface area (Å²) in [6.45, 7) is 4.88. The lowest BCUT2D eigenvalue weighted by atomic mass is 10.1. The van der Waals surface area contributed by atoms with E-state index in [9.17, 15) is 14.4 Å². The molecule has 0 aromatic heterocycles. The second kappa shape index (κ2) is 9.55. The average Bonchev–Trinajstić information content (AvgIpc) is 2.68. The van der Waals surface area contributed by atoms with Crippen molar-refractivity contribution < 1.29 is 23.9 Å². The van der Waals surface area contributed by atoms with Crippen LogP contribution in [0.4, 0.5) is 5.69 Å². The van der Waals surface area contributed by atoms with Crippen LogP contribution in [0.1, 0.15) is 28.4 Å². The van der Waals surface area contributed by atoms with Gasteiger partial charge in [-0.2, -0.15) is 0 Å². The van der Waals surface area contributed by atoms with Gasteiger partial charge in [-0.05, 0) is 44.0 Å². The molecule has 0 spiro atoms. The molecule has 0 fully saturated rings. The zero-order valence-electron chi connectivity index (χ0n) is 16.4. The fourth-order valence-corrected chi connectivity index (χ4v) is 2.61. The summed E-state index contributed by atoms with van der Waals surface area (Å²) >= 11 is 0. The minimum Gasteiger partial charge on any atom is -0.496 e. The van der Waals surface area contributed by atoms with E-state index in [0.717, 1.165) is 11.1 Å². The van der Waals surface area contributed by atoms with E-state index in [0.29, 0.717) is 17.0 Å². The molecule has 7 nitrogen and oxygen atoms in total. The normalized spacial score (nSPS) is 11.3. The average molecular weight is 384 g/mol. The minimum absolute atomic E-state index is 0.304. The summed E-state index contributed by atoms with van der Waals surface area (Å²) in [5.74, 6) is -1.23. The van der Waals surface area contributed by atoms with Gasteiger partial charge >= 0.3 is 5.97 Å². The van der Waals surface area contributed by atoms with Gasteiger partial charge in [0, 0.05) is 5.69 Å². The zero-order chi connectivity index (χ0) is 20.7. The molecular formula is C21H24N2O5.